The summed E-state index contributed by atoms with van der Waals surface area (Å²) in [5, 5.41) is 14.2. The van der Waals surface area contributed by atoms with Crippen LogP contribution in [0.1, 0.15) is 5.69 Å². The van der Waals surface area contributed by atoms with E-state index < -0.39 is 0 Å². The van der Waals surface area contributed by atoms with Crippen LogP contribution in [-0.2, 0) is 6.54 Å². The number of nitrogens with zero attached hydrogens (tertiary/aromatic N) is 8. The normalized spacial score (nSPS) is 11.1. The van der Waals surface area contributed by atoms with Crippen LogP contribution in [0, 0.1) is 0 Å². The van der Waals surface area contributed by atoms with Crippen LogP contribution in [0.5, 0.6) is 0 Å². The van der Waals surface area contributed by atoms with Gasteiger partial charge in [-0.25, -0.2) is 9.97 Å². The van der Waals surface area contributed by atoms with E-state index in [4.69, 9.17) is 28.3 Å². The van der Waals surface area contributed by atoms with Crippen LogP contribution in [0.25, 0.3) is 17.0 Å². The molecule has 0 bridgehead atoms. The average molecular weight is 429 g/mol. The van der Waals surface area contributed by atoms with Crippen molar-refractivity contribution in [3.05, 3.63) is 58.3 Å². The third-order valence-corrected chi connectivity index (χ3v) is 4.70. The lowest BCUT2D eigenvalue weighted by atomic mass is 10.2. The van der Waals surface area contributed by atoms with E-state index in [0.717, 1.165) is 17.1 Å². The molecule has 10 heteroatoms. The molecular formula is C19H18Cl2N8. The second-order valence-electron chi connectivity index (χ2n) is 6.74. The molecule has 0 atom stereocenters. The number of anilines is 2. The Labute approximate surface area is 177 Å². The van der Waals surface area contributed by atoms with E-state index in [2.05, 4.69) is 20.2 Å². The molecule has 0 aliphatic rings. The zero-order chi connectivity index (χ0) is 20.5. The fourth-order valence-corrected chi connectivity index (χ4v) is 3.38. The number of fused-ring (bicyclic) bond motifs is 1. The smallest absolute Gasteiger partial charge is 0.225 e. The van der Waals surface area contributed by atoms with Crippen molar-refractivity contribution in [2.75, 3.05) is 30.9 Å². The van der Waals surface area contributed by atoms with E-state index in [9.17, 15) is 0 Å². The lowest BCUT2D eigenvalue weighted by molar-refractivity contribution is 0.817. The molecule has 0 spiro atoms. The molecule has 8 nitrogen and oxygen atoms in total. The van der Waals surface area contributed by atoms with E-state index in [-0.39, 0.29) is 0 Å². The van der Waals surface area contributed by atoms with Crippen LogP contribution in [0.2, 0.25) is 10.0 Å². The molecule has 29 heavy (non-hydrogen) atoms. The highest BCUT2D eigenvalue weighted by Gasteiger charge is 2.14. The van der Waals surface area contributed by atoms with Gasteiger partial charge in [-0.2, -0.15) is 4.52 Å². The fourth-order valence-electron chi connectivity index (χ4n) is 2.86. The predicted molar refractivity (Wildman–Crippen MR) is 115 cm³/mol. The lowest BCUT2D eigenvalue weighted by Gasteiger charge is -2.18. The molecule has 0 radical (unpaired) electrons. The lowest BCUT2D eigenvalue weighted by Crippen LogP contribution is -2.21. The molecule has 3 aromatic heterocycles. The first-order valence-electron chi connectivity index (χ1n) is 8.80. The van der Waals surface area contributed by atoms with Crippen molar-refractivity contribution >= 4 is 40.6 Å². The Morgan fingerprint density at radius 1 is 0.966 bits per heavy atom. The van der Waals surface area contributed by atoms with Crippen molar-refractivity contribution < 1.29 is 0 Å². The van der Waals surface area contributed by atoms with Gasteiger partial charge in [0.25, 0.3) is 0 Å². The molecule has 0 unspecified atom stereocenters. The van der Waals surface area contributed by atoms with Gasteiger partial charge in [0.2, 0.25) is 5.95 Å². The molecule has 0 saturated heterocycles. The molecule has 0 saturated carbocycles. The molecule has 0 aliphatic carbocycles. The van der Waals surface area contributed by atoms with Gasteiger partial charge in [-0.1, -0.05) is 23.2 Å². The van der Waals surface area contributed by atoms with Crippen LogP contribution in [-0.4, -0.2) is 50.9 Å². The Balaban J connectivity index is 1.67. The highest BCUT2D eigenvalue weighted by atomic mass is 35.5. The van der Waals surface area contributed by atoms with E-state index in [1.54, 1.807) is 28.9 Å². The summed E-state index contributed by atoms with van der Waals surface area (Å²) < 4.78 is 1.68. The molecule has 148 valence electrons. The monoisotopic (exact) mass is 428 g/mol. The summed E-state index contributed by atoms with van der Waals surface area (Å²) in [5.74, 6) is 1.98. The third-order valence-electron chi connectivity index (χ3n) is 4.26. The Bertz CT molecular complexity index is 1150. The van der Waals surface area contributed by atoms with Gasteiger partial charge in [-0.05, 0) is 36.4 Å². The topological polar surface area (TPSA) is 75.3 Å². The minimum Gasteiger partial charge on any atom is -0.352 e. The minimum absolute atomic E-state index is 0.526. The van der Waals surface area contributed by atoms with Gasteiger partial charge in [-0.15, -0.1) is 15.3 Å². The highest BCUT2D eigenvalue weighted by Crippen LogP contribution is 2.26. The number of rotatable bonds is 5. The van der Waals surface area contributed by atoms with E-state index in [1.165, 1.54) is 0 Å². The van der Waals surface area contributed by atoms with E-state index in [0.29, 0.717) is 34.0 Å². The largest absolute Gasteiger partial charge is 0.352 e. The van der Waals surface area contributed by atoms with Crippen molar-refractivity contribution in [1.82, 2.24) is 29.8 Å². The zero-order valence-electron chi connectivity index (χ0n) is 16.1. The van der Waals surface area contributed by atoms with E-state index in [1.807, 2.05) is 49.1 Å². The summed E-state index contributed by atoms with van der Waals surface area (Å²) in [6.45, 7) is 0.572. The number of benzene rings is 1. The highest BCUT2D eigenvalue weighted by molar-refractivity contribution is 6.35. The Morgan fingerprint density at radius 3 is 2.45 bits per heavy atom. The van der Waals surface area contributed by atoms with Gasteiger partial charge >= 0.3 is 0 Å². The summed E-state index contributed by atoms with van der Waals surface area (Å²) in [6, 6.07) is 10.9. The minimum atomic E-state index is 0.526. The second-order valence-corrected chi connectivity index (χ2v) is 7.61. The van der Waals surface area contributed by atoms with Crippen molar-refractivity contribution in [1.29, 1.82) is 0 Å². The van der Waals surface area contributed by atoms with Crippen molar-refractivity contribution in [3.8, 4) is 11.4 Å². The maximum atomic E-state index is 6.14. The van der Waals surface area contributed by atoms with Crippen LogP contribution < -0.4 is 9.80 Å². The molecule has 3 heterocycles. The van der Waals surface area contributed by atoms with Gasteiger partial charge in [0, 0.05) is 42.9 Å². The molecular weight excluding hydrogens is 411 g/mol. The maximum Gasteiger partial charge on any atom is 0.225 e. The molecule has 4 rings (SSSR count). The number of halogens is 2. The summed E-state index contributed by atoms with van der Waals surface area (Å²) in [7, 11) is 5.77. The van der Waals surface area contributed by atoms with Crippen molar-refractivity contribution in [3.63, 3.8) is 0 Å². The van der Waals surface area contributed by atoms with Crippen LogP contribution in [0.4, 0.5) is 11.8 Å². The molecule has 0 N–H and O–H groups in total. The van der Waals surface area contributed by atoms with Gasteiger partial charge in [0.05, 0.1) is 12.2 Å². The quantitative estimate of drug-likeness (QED) is 0.480. The number of hydrogen-bond donors (Lipinski definition) is 0. The molecule has 0 amide bonds. The number of aromatic nitrogens is 6. The molecule has 4 aromatic rings. The third kappa shape index (κ3) is 4.08. The first-order valence-corrected chi connectivity index (χ1v) is 9.55. The summed E-state index contributed by atoms with van der Waals surface area (Å²) >= 11 is 12.3. The summed E-state index contributed by atoms with van der Waals surface area (Å²) in [5.41, 5.74) is 2.26. The molecule has 0 fully saturated rings. The van der Waals surface area contributed by atoms with Gasteiger partial charge < -0.3 is 9.80 Å². The predicted octanol–water partition coefficient (Wildman–Crippen LogP) is 3.59. The summed E-state index contributed by atoms with van der Waals surface area (Å²) in [4.78, 5) is 12.7. The standard InChI is InChI=1S/C19H18Cl2N8/c1-27(2)19-22-7-6-15(23-19)11-28(3)17-5-4-16-24-25-18(29(16)26-17)12-8-13(20)10-14(21)9-12/h4-10H,11H2,1-3H3. The Hall–Kier alpha value is -2.97. The second kappa shape index (κ2) is 7.81. The van der Waals surface area contributed by atoms with Gasteiger partial charge in [0.15, 0.2) is 11.5 Å². The maximum absolute atomic E-state index is 6.14. The van der Waals surface area contributed by atoms with E-state index >= 15 is 0 Å². The Morgan fingerprint density at radius 2 is 1.72 bits per heavy atom. The van der Waals surface area contributed by atoms with Gasteiger partial charge in [0.1, 0.15) is 5.82 Å². The van der Waals surface area contributed by atoms with Gasteiger partial charge in [-0.3, -0.25) is 0 Å². The zero-order valence-corrected chi connectivity index (χ0v) is 17.6. The fraction of sp³-hybridized carbons (Fsp3) is 0.211. The van der Waals surface area contributed by atoms with Crippen LogP contribution >= 0.6 is 23.2 Å². The van der Waals surface area contributed by atoms with Crippen LogP contribution in [0.15, 0.2) is 42.6 Å². The SMILES string of the molecule is CN(C)c1nccc(CN(C)c2ccc3nnc(-c4cc(Cl)cc(Cl)c4)n3n2)n1. The van der Waals surface area contributed by atoms with Crippen molar-refractivity contribution in [2.45, 2.75) is 6.54 Å². The first kappa shape index (κ1) is 19.4. The summed E-state index contributed by atoms with van der Waals surface area (Å²) in [6.07, 6.45) is 1.75. The number of hydrogen-bond acceptors (Lipinski definition) is 7. The molecule has 0 aliphatic heterocycles. The Kier molecular flexibility index (Phi) is 5.21. The van der Waals surface area contributed by atoms with Crippen LogP contribution in [0.3, 0.4) is 0 Å². The van der Waals surface area contributed by atoms with Crippen molar-refractivity contribution in [2.24, 2.45) is 0 Å². The molecule has 1 aromatic carbocycles. The first-order chi connectivity index (χ1) is 13.9. The average Bonchev–Trinajstić information content (AvgIpc) is 3.10.